The van der Waals surface area contributed by atoms with Crippen molar-refractivity contribution in [2.24, 2.45) is 0 Å². The second kappa shape index (κ2) is 6.30. The number of aliphatic hydroxyl groups is 1. The zero-order valence-electron chi connectivity index (χ0n) is 11.0. The number of hydrogen-bond acceptors (Lipinski definition) is 5. The van der Waals surface area contributed by atoms with Crippen LogP contribution in [0.25, 0.3) is 0 Å². The van der Waals surface area contributed by atoms with Gasteiger partial charge in [-0.15, -0.1) is 0 Å². The number of carbonyl (C=O) groups is 1. The lowest BCUT2D eigenvalue weighted by molar-refractivity contribution is 0.112. The molecule has 5 nitrogen and oxygen atoms in total. The van der Waals surface area contributed by atoms with Gasteiger partial charge < -0.3 is 10.0 Å². The molecule has 1 saturated heterocycles. The van der Waals surface area contributed by atoms with Gasteiger partial charge in [0.15, 0.2) is 6.29 Å². The minimum Gasteiger partial charge on any atom is -0.394 e. The van der Waals surface area contributed by atoms with E-state index >= 15 is 0 Å². The molecule has 6 heteroatoms. The Hall–Kier alpha value is -1.20. The van der Waals surface area contributed by atoms with E-state index < -0.39 is 0 Å². The number of aliphatic hydroxyl groups excluding tert-OH is 1. The Bertz CT molecular complexity index is 467. The van der Waals surface area contributed by atoms with Crippen LogP contribution in [0, 0.1) is 6.92 Å². The van der Waals surface area contributed by atoms with E-state index in [0.717, 1.165) is 32.2 Å². The van der Waals surface area contributed by atoms with Crippen LogP contribution in [0.2, 0.25) is 5.15 Å². The van der Waals surface area contributed by atoms with E-state index in [-0.39, 0.29) is 17.8 Å². The van der Waals surface area contributed by atoms with Gasteiger partial charge in [0, 0.05) is 6.54 Å². The molecule has 0 saturated carbocycles. The zero-order chi connectivity index (χ0) is 13.8. The van der Waals surface area contributed by atoms with Crippen molar-refractivity contribution in [1.82, 2.24) is 9.97 Å². The Balaban J connectivity index is 2.45. The molecule has 1 fully saturated rings. The van der Waals surface area contributed by atoms with E-state index in [2.05, 4.69) is 9.97 Å². The molecular weight excluding hydrogens is 266 g/mol. The Labute approximate surface area is 117 Å². The summed E-state index contributed by atoms with van der Waals surface area (Å²) in [4.78, 5) is 21.6. The van der Waals surface area contributed by atoms with Crippen molar-refractivity contribution in [2.75, 3.05) is 18.1 Å². The third-order valence-corrected chi connectivity index (χ3v) is 3.76. The zero-order valence-corrected chi connectivity index (χ0v) is 11.7. The number of anilines is 1. The first-order chi connectivity index (χ1) is 9.17. The Morgan fingerprint density at radius 3 is 2.89 bits per heavy atom. The molecule has 1 aliphatic heterocycles. The first kappa shape index (κ1) is 14.2. The lowest BCUT2D eigenvalue weighted by atomic mass is 10.1. The van der Waals surface area contributed by atoms with Gasteiger partial charge in [0.2, 0.25) is 0 Å². The summed E-state index contributed by atoms with van der Waals surface area (Å²) in [6.45, 7) is 2.58. The molecule has 1 aromatic heterocycles. The van der Waals surface area contributed by atoms with E-state index in [1.807, 2.05) is 4.90 Å². The fraction of sp³-hybridized carbons (Fsp3) is 0.615. The normalized spacial score (nSPS) is 20.2. The summed E-state index contributed by atoms with van der Waals surface area (Å²) in [7, 11) is 0. The predicted molar refractivity (Wildman–Crippen MR) is 73.9 cm³/mol. The molecule has 0 aromatic carbocycles. The summed E-state index contributed by atoms with van der Waals surface area (Å²) in [5.74, 6) is 1.08. The molecule has 1 aliphatic rings. The number of aldehydes is 1. The van der Waals surface area contributed by atoms with Crippen molar-refractivity contribution in [3.05, 3.63) is 16.5 Å². The monoisotopic (exact) mass is 283 g/mol. The van der Waals surface area contributed by atoms with Crippen LogP contribution in [0.3, 0.4) is 0 Å². The van der Waals surface area contributed by atoms with Gasteiger partial charge in [0.05, 0.1) is 18.2 Å². The molecule has 2 rings (SSSR count). The van der Waals surface area contributed by atoms with Crippen LogP contribution in [0.5, 0.6) is 0 Å². The quantitative estimate of drug-likeness (QED) is 0.679. The van der Waals surface area contributed by atoms with E-state index in [1.54, 1.807) is 6.92 Å². The van der Waals surface area contributed by atoms with Crippen LogP contribution in [-0.2, 0) is 0 Å². The van der Waals surface area contributed by atoms with Gasteiger partial charge in [0.25, 0.3) is 0 Å². The Kier molecular flexibility index (Phi) is 4.71. The SMILES string of the molecule is Cc1nc(Cl)c(C=O)c(N2CCCCCC2CO)n1. The van der Waals surface area contributed by atoms with Crippen molar-refractivity contribution in [3.8, 4) is 0 Å². The fourth-order valence-electron chi connectivity index (χ4n) is 2.50. The highest BCUT2D eigenvalue weighted by Crippen LogP contribution is 2.28. The molecule has 1 N–H and O–H groups in total. The van der Waals surface area contributed by atoms with Crippen LogP contribution in [-0.4, -0.2) is 40.6 Å². The second-order valence-electron chi connectivity index (χ2n) is 4.80. The van der Waals surface area contributed by atoms with Crippen molar-refractivity contribution in [1.29, 1.82) is 0 Å². The summed E-state index contributed by atoms with van der Waals surface area (Å²) in [5, 5.41) is 9.72. The van der Waals surface area contributed by atoms with Gasteiger partial charge >= 0.3 is 0 Å². The molecule has 104 valence electrons. The summed E-state index contributed by atoms with van der Waals surface area (Å²) in [6, 6.07) is -0.00781. The van der Waals surface area contributed by atoms with Gasteiger partial charge in [-0.3, -0.25) is 4.79 Å². The molecule has 1 unspecified atom stereocenters. The van der Waals surface area contributed by atoms with E-state index in [4.69, 9.17) is 11.6 Å². The number of carbonyl (C=O) groups excluding carboxylic acids is 1. The fourth-order valence-corrected chi connectivity index (χ4v) is 2.75. The predicted octanol–water partition coefficient (Wildman–Crippen LogP) is 1.99. The number of aromatic nitrogens is 2. The highest BCUT2D eigenvalue weighted by atomic mass is 35.5. The van der Waals surface area contributed by atoms with Crippen molar-refractivity contribution in [2.45, 2.75) is 38.6 Å². The van der Waals surface area contributed by atoms with Crippen LogP contribution in [0.15, 0.2) is 0 Å². The lowest BCUT2D eigenvalue weighted by Crippen LogP contribution is -2.39. The summed E-state index contributed by atoms with van der Waals surface area (Å²) in [5.41, 5.74) is 0.313. The molecule has 0 spiro atoms. The number of nitrogens with zero attached hydrogens (tertiary/aromatic N) is 3. The Morgan fingerprint density at radius 2 is 2.21 bits per heavy atom. The van der Waals surface area contributed by atoms with Gasteiger partial charge in [-0.25, -0.2) is 9.97 Å². The maximum atomic E-state index is 11.2. The molecule has 0 bridgehead atoms. The van der Waals surface area contributed by atoms with Crippen LogP contribution < -0.4 is 4.90 Å². The first-order valence-corrected chi connectivity index (χ1v) is 6.92. The van der Waals surface area contributed by atoms with Gasteiger partial charge in [-0.05, 0) is 19.8 Å². The van der Waals surface area contributed by atoms with Crippen LogP contribution in [0.1, 0.15) is 41.9 Å². The third-order valence-electron chi connectivity index (χ3n) is 3.47. The third kappa shape index (κ3) is 3.04. The summed E-state index contributed by atoms with van der Waals surface area (Å²) in [6.07, 6.45) is 4.82. The minimum absolute atomic E-state index is 0.00781. The largest absolute Gasteiger partial charge is 0.394 e. The molecule has 2 heterocycles. The molecule has 0 amide bonds. The number of rotatable bonds is 3. The standard InChI is InChI=1S/C13H18ClN3O2/c1-9-15-12(14)11(8-19)13(16-9)17-6-4-2-3-5-10(17)7-18/h8,10,18H,2-7H2,1H3. The average molecular weight is 284 g/mol. The van der Waals surface area contributed by atoms with Gasteiger partial charge in [0.1, 0.15) is 16.8 Å². The molecular formula is C13H18ClN3O2. The van der Waals surface area contributed by atoms with Crippen molar-refractivity contribution >= 4 is 23.7 Å². The van der Waals surface area contributed by atoms with Crippen LogP contribution in [0.4, 0.5) is 5.82 Å². The molecule has 0 radical (unpaired) electrons. The molecule has 0 aliphatic carbocycles. The van der Waals surface area contributed by atoms with Crippen molar-refractivity contribution in [3.63, 3.8) is 0 Å². The smallest absolute Gasteiger partial charge is 0.156 e. The highest BCUT2D eigenvalue weighted by molar-refractivity contribution is 6.32. The number of aryl methyl sites for hydroxylation is 1. The molecule has 19 heavy (non-hydrogen) atoms. The summed E-state index contributed by atoms with van der Waals surface area (Å²) >= 11 is 6.01. The summed E-state index contributed by atoms with van der Waals surface area (Å²) < 4.78 is 0. The second-order valence-corrected chi connectivity index (χ2v) is 5.15. The molecule has 1 aromatic rings. The maximum Gasteiger partial charge on any atom is 0.156 e. The average Bonchev–Trinajstić information content (AvgIpc) is 2.62. The Morgan fingerprint density at radius 1 is 1.42 bits per heavy atom. The van der Waals surface area contributed by atoms with E-state index in [1.165, 1.54) is 0 Å². The van der Waals surface area contributed by atoms with Crippen molar-refractivity contribution < 1.29 is 9.90 Å². The highest BCUT2D eigenvalue weighted by Gasteiger charge is 2.25. The number of hydrogen-bond donors (Lipinski definition) is 1. The minimum atomic E-state index is -0.00781. The van der Waals surface area contributed by atoms with E-state index in [0.29, 0.717) is 23.5 Å². The lowest BCUT2D eigenvalue weighted by Gasteiger charge is -2.30. The van der Waals surface area contributed by atoms with Gasteiger partial charge in [-0.2, -0.15) is 0 Å². The number of halogens is 1. The topological polar surface area (TPSA) is 66.3 Å². The van der Waals surface area contributed by atoms with Crippen LogP contribution >= 0.6 is 11.6 Å². The van der Waals surface area contributed by atoms with E-state index in [9.17, 15) is 9.90 Å². The maximum absolute atomic E-state index is 11.2. The first-order valence-electron chi connectivity index (χ1n) is 6.54. The van der Waals surface area contributed by atoms with Gasteiger partial charge in [-0.1, -0.05) is 24.4 Å². The molecule has 1 atom stereocenters.